The molecular weight excluding hydrogens is 536 g/mol. The van der Waals surface area contributed by atoms with Crippen LogP contribution in [-0.2, 0) is 11.2 Å². The van der Waals surface area contributed by atoms with Gasteiger partial charge in [0.1, 0.15) is 11.9 Å². The van der Waals surface area contributed by atoms with Crippen LogP contribution < -0.4 is 4.90 Å². The summed E-state index contributed by atoms with van der Waals surface area (Å²) in [5.41, 5.74) is 2.69. The van der Waals surface area contributed by atoms with E-state index >= 15 is 0 Å². The minimum atomic E-state index is -0.627. The Morgan fingerprint density at radius 2 is 1.67 bits per heavy atom. The molecule has 230 valence electrons. The maximum absolute atomic E-state index is 12.6. The summed E-state index contributed by atoms with van der Waals surface area (Å²) < 4.78 is 0. The van der Waals surface area contributed by atoms with E-state index in [1.807, 2.05) is 6.92 Å². The Bertz CT molecular complexity index is 1290. The number of nitrogens with zero attached hydrogens (tertiary/aromatic N) is 5. The molecule has 0 bridgehead atoms. The Morgan fingerprint density at radius 1 is 0.977 bits per heavy atom. The van der Waals surface area contributed by atoms with E-state index in [1.165, 1.54) is 30.4 Å². The summed E-state index contributed by atoms with van der Waals surface area (Å²) >= 11 is 0. The monoisotopic (exact) mass is 584 g/mol. The minimum absolute atomic E-state index is 0.276. The van der Waals surface area contributed by atoms with Crippen LogP contribution in [0.3, 0.4) is 0 Å². The molecule has 2 N–H and O–H groups in total. The molecule has 3 aliphatic rings. The van der Waals surface area contributed by atoms with E-state index in [4.69, 9.17) is 4.98 Å². The number of anilines is 1. The molecule has 8 heteroatoms. The number of carboxylic acid groups (broad SMARTS) is 1. The van der Waals surface area contributed by atoms with Gasteiger partial charge in [-0.05, 0) is 62.0 Å². The largest absolute Gasteiger partial charge is 0.480 e. The molecule has 2 aliphatic heterocycles. The number of likely N-dealkylation sites (tertiary alicyclic amines) is 2. The van der Waals surface area contributed by atoms with E-state index in [1.54, 1.807) is 0 Å². The van der Waals surface area contributed by atoms with E-state index in [0.717, 1.165) is 83.1 Å². The van der Waals surface area contributed by atoms with Crippen LogP contribution in [0.5, 0.6) is 0 Å². The van der Waals surface area contributed by atoms with Crippen molar-refractivity contribution < 1.29 is 9.90 Å². The molecule has 2 aromatic carbocycles. The fraction of sp³-hybridized carbons (Fsp3) is 0.571. The SMILES string of the molecule is Cc1nc(N(CCc2ccccc2)C2CCN(CC3CN(C(C(=O)O)C4CCCCC4)CC3c3ccccc3)CC2)n[nH]1. The molecule has 0 amide bonds. The molecule has 1 aromatic heterocycles. The third kappa shape index (κ3) is 7.29. The van der Waals surface area contributed by atoms with Crippen molar-refractivity contribution in [1.29, 1.82) is 0 Å². The molecule has 0 spiro atoms. The van der Waals surface area contributed by atoms with E-state index in [9.17, 15) is 9.90 Å². The van der Waals surface area contributed by atoms with Gasteiger partial charge in [-0.1, -0.05) is 79.9 Å². The zero-order valence-electron chi connectivity index (χ0n) is 25.7. The number of H-pyrrole nitrogens is 1. The van der Waals surface area contributed by atoms with Crippen molar-refractivity contribution in [3.05, 3.63) is 77.6 Å². The molecule has 1 aliphatic carbocycles. The van der Waals surface area contributed by atoms with E-state index in [0.29, 0.717) is 17.9 Å². The molecule has 3 unspecified atom stereocenters. The maximum atomic E-state index is 12.6. The van der Waals surface area contributed by atoms with E-state index in [-0.39, 0.29) is 12.0 Å². The fourth-order valence-electron chi connectivity index (χ4n) is 8.05. The lowest BCUT2D eigenvalue weighted by atomic mass is 9.83. The van der Waals surface area contributed by atoms with Gasteiger partial charge in [0.15, 0.2) is 0 Å². The van der Waals surface area contributed by atoms with Gasteiger partial charge in [0.25, 0.3) is 0 Å². The highest BCUT2D eigenvalue weighted by Gasteiger charge is 2.43. The number of nitrogens with one attached hydrogen (secondary N) is 1. The first-order valence-corrected chi connectivity index (χ1v) is 16.5. The summed E-state index contributed by atoms with van der Waals surface area (Å²) in [5.74, 6) is 2.10. The molecule has 2 saturated heterocycles. The number of aryl methyl sites for hydroxylation is 1. The van der Waals surface area contributed by atoms with Crippen molar-refractivity contribution in [2.75, 3.05) is 44.2 Å². The predicted octanol–water partition coefficient (Wildman–Crippen LogP) is 5.38. The molecule has 3 atom stereocenters. The van der Waals surface area contributed by atoms with Crippen LogP contribution in [0.2, 0.25) is 0 Å². The smallest absolute Gasteiger partial charge is 0.321 e. The van der Waals surface area contributed by atoms with Crippen LogP contribution in [-0.4, -0.2) is 87.4 Å². The zero-order valence-corrected chi connectivity index (χ0v) is 25.7. The van der Waals surface area contributed by atoms with Gasteiger partial charge in [-0.2, -0.15) is 4.98 Å². The Labute approximate surface area is 256 Å². The summed E-state index contributed by atoms with van der Waals surface area (Å²) in [6, 6.07) is 21.6. The third-order valence-corrected chi connectivity index (χ3v) is 10.3. The Balaban J connectivity index is 1.12. The number of carboxylic acids is 1. The molecule has 1 saturated carbocycles. The average molecular weight is 585 g/mol. The van der Waals surface area contributed by atoms with Crippen molar-refractivity contribution in [2.45, 2.75) is 76.3 Å². The van der Waals surface area contributed by atoms with E-state index in [2.05, 4.69) is 85.6 Å². The maximum Gasteiger partial charge on any atom is 0.321 e. The molecule has 6 rings (SSSR count). The number of aromatic amines is 1. The first-order chi connectivity index (χ1) is 21.0. The first kappa shape index (κ1) is 29.8. The predicted molar refractivity (Wildman–Crippen MR) is 170 cm³/mol. The van der Waals surface area contributed by atoms with Gasteiger partial charge < -0.3 is 14.9 Å². The number of aliphatic carboxylic acids is 1. The molecule has 3 aromatic rings. The molecule has 0 radical (unpaired) electrons. The molecule has 3 heterocycles. The second-order valence-corrected chi connectivity index (χ2v) is 13.1. The van der Waals surface area contributed by atoms with Crippen molar-refractivity contribution in [2.24, 2.45) is 11.8 Å². The van der Waals surface area contributed by atoms with Crippen LogP contribution in [0, 0.1) is 18.8 Å². The van der Waals surface area contributed by atoms with Gasteiger partial charge in [-0.3, -0.25) is 14.8 Å². The fourth-order valence-corrected chi connectivity index (χ4v) is 8.05. The number of hydrogen-bond acceptors (Lipinski definition) is 6. The summed E-state index contributed by atoms with van der Waals surface area (Å²) in [6.07, 6.45) is 8.80. The number of carbonyl (C=O) groups is 1. The number of hydrogen-bond donors (Lipinski definition) is 2. The van der Waals surface area contributed by atoms with Gasteiger partial charge in [-0.25, -0.2) is 0 Å². The highest BCUT2D eigenvalue weighted by molar-refractivity contribution is 5.74. The second-order valence-electron chi connectivity index (χ2n) is 13.1. The molecule has 43 heavy (non-hydrogen) atoms. The van der Waals surface area contributed by atoms with E-state index < -0.39 is 5.97 Å². The summed E-state index contributed by atoms with van der Waals surface area (Å²) in [4.78, 5) is 24.7. The highest BCUT2D eigenvalue weighted by Crippen LogP contribution is 2.38. The van der Waals surface area contributed by atoms with Gasteiger partial charge >= 0.3 is 5.97 Å². The van der Waals surface area contributed by atoms with Crippen molar-refractivity contribution in [3.8, 4) is 0 Å². The number of benzene rings is 2. The Morgan fingerprint density at radius 3 is 2.33 bits per heavy atom. The van der Waals surface area contributed by atoms with Crippen molar-refractivity contribution >= 4 is 11.9 Å². The minimum Gasteiger partial charge on any atom is -0.480 e. The Hall–Kier alpha value is -3.23. The van der Waals surface area contributed by atoms with Gasteiger partial charge in [0.05, 0.1) is 0 Å². The first-order valence-electron chi connectivity index (χ1n) is 16.5. The molecular formula is C35H48N6O2. The lowest BCUT2D eigenvalue weighted by molar-refractivity contribution is -0.145. The lowest BCUT2D eigenvalue weighted by Crippen LogP contribution is -2.48. The quantitative estimate of drug-likeness (QED) is 0.313. The number of piperidine rings is 1. The van der Waals surface area contributed by atoms with Crippen LogP contribution in [0.25, 0.3) is 0 Å². The molecule has 3 fully saturated rings. The highest BCUT2D eigenvalue weighted by atomic mass is 16.4. The topological polar surface area (TPSA) is 88.6 Å². The van der Waals surface area contributed by atoms with Crippen molar-refractivity contribution in [3.63, 3.8) is 0 Å². The van der Waals surface area contributed by atoms with Crippen LogP contribution in [0.15, 0.2) is 60.7 Å². The normalized spacial score (nSPS) is 23.4. The van der Waals surface area contributed by atoms with Gasteiger partial charge in [0.2, 0.25) is 5.95 Å². The van der Waals surface area contributed by atoms with Gasteiger partial charge in [0, 0.05) is 51.2 Å². The summed E-state index contributed by atoms with van der Waals surface area (Å²) in [6.45, 7) is 7.67. The zero-order chi connectivity index (χ0) is 29.6. The number of rotatable bonds is 11. The molecule has 8 nitrogen and oxygen atoms in total. The third-order valence-electron chi connectivity index (χ3n) is 10.3. The van der Waals surface area contributed by atoms with Crippen LogP contribution in [0.4, 0.5) is 5.95 Å². The Kier molecular flexibility index (Phi) is 9.74. The second kappa shape index (κ2) is 14.0. The number of aromatic nitrogens is 3. The lowest BCUT2D eigenvalue weighted by Gasteiger charge is -2.39. The summed E-state index contributed by atoms with van der Waals surface area (Å²) in [7, 11) is 0. The van der Waals surface area contributed by atoms with Crippen LogP contribution in [0.1, 0.15) is 67.8 Å². The summed E-state index contributed by atoms with van der Waals surface area (Å²) in [5, 5.41) is 18.0. The van der Waals surface area contributed by atoms with Gasteiger partial charge in [-0.15, -0.1) is 5.10 Å². The standard InChI is InChI=1S/C35H48N6O2/c1-26-36-35(38-37-26)41(22-17-27-11-5-2-6-12-27)31-18-20-39(21-19-31)23-30-24-40(25-32(30)28-13-7-3-8-14-28)33(34(42)43)29-15-9-4-10-16-29/h2-3,5-8,11-14,29-33H,4,9-10,15-25H2,1H3,(H,42,43)(H,36,37,38). The van der Waals surface area contributed by atoms with Crippen LogP contribution >= 0.6 is 0 Å². The average Bonchev–Trinajstić information content (AvgIpc) is 3.65. The van der Waals surface area contributed by atoms with Crippen molar-refractivity contribution in [1.82, 2.24) is 25.0 Å².